The van der Waals surface area contributed by atoms with Crippen molar-refractivity contribution in [2.75, 3.05) is 5.32 Å². The third kappa shape index (κ3) is 5.77. The number of nitrogens with one attached hydrogen (secondary N) is 1. The maximum absolute atomic E-state index is 11.8. The van der Waals surface area contributed by atoms with Crippen molar-refractivity contribution >= 4 is 11.6 Å². The Morgan fingerprint density at radius 2 is 2.11 bits per heavy atom. The van der Waals surface area contributed by atoms with Crippen LogP contribution in [0.25, 0.3) is 0 Å². The SMILES string of the molecule is Cc1cncc(NC(=O)CC(N)CC(C)(C)C)c1. The van der Waals surface area contributed by atoms with Crippen molar-refractivity contribution in [3.05, 3.63) is 24.0 Å². The minimum Gasteiger partial charge on any atom is -0.327 e. The number of hydrogen-bond donors (Lipinski definition) is 2. The van der Waals surface area contributed by atoms with E-state index in [1.165, 1.54) is 0 Å². The summed E-state index contributed by atoms with van der Waals surface area (Å²) in [6.45, 7) is 8.30. The Hall–Kier alpha value is -1.42. The lowest BCUT2D eigenvalue weighted by Gasteiger charge is -2.22. The fourth-order valence-corrected chi connectivity index (χ4v) is 1.93. The molecule has 1 rings (SSSR count). The molecule has 0 saturated carbocycles. The standard InChI is InChI=1S/C14H23N3O/c1-10-5-12(9-16-8-10)17-13(18)6-11(15)7-14(2,3)4/h5,8-9,11H,6-7,15H2,1-4H3,(H,17,18). The van der Waals surface area contributed by atoms with Crippen LogP contribution in [-0.2, 0) is 4.79 Å². The molecule has 1 aromatic heterocycles. The molecule has 4 heteroatoms. The molecule has 1 atom stereocenters. The molecule has 1 aromatic rings. The molecule has 0 spiro atoms. The van der Waals surface area contributed by atoms with Gasteiger partial charge in [0.1, 0.15) is 0 Å². The third-order valence-electron chi connectivity index (χ3n) is 2.48. The molecule has 0 radical (unpaired) electrons. The summed E-state index contributed by atoms with van der Waals surface area (Å²) in [5.41, 5.74) is 7.86. The Labute approximate surface area is 109 Å². The first-order valence-corrected chi connectivity index (χ1v) is 6.23. The minimum absolute atomic E-state index is 0.0563. The average Bonchev–Trinajstić information content (AvgIpc) is 2.13. The number of carbonyl (C=O) groups excluding carboxylic acids is 1. The fraction of sp³-hybridized carbons (Fsp3) is 0.571. The summed E-state index contributed by atoms with van der Waals surface area (Å²) in [5.74, 6) is -0.0563. The molecule has 0 aliphatic carbocycles. The topological polar surface area (TPSA) is 68.0 Å². The van der Waals surface area contributed by atoms with E-state index in [4.69, 9.17) is 5.73 Å². The Bertz CT molecular complexity index is 410. The lowest BCUT2D eigenvalue weighted by atomic mass is 9.87. The highest BCUT2D eigenvalue weighted by molar-refractivity contribution is 5.90. The predicted molar refractivity (Wildman–Crippen MR) is 74.3 cm³/mol. The van der Waals surface area contributed by atoms with Gasteiger partial charge in [-0.3, -0.25) is 9.78 Å². The van der Waals surface area contributed by atoms with Crippen LogP contribution in [0.4, 0.5) is 5.69 Å². The van der Waals surface area contributed by atoms with Crippen molar-refractivity contribution in [1.82, 2.24) is 4.98 Å². The Kier molecular flexibility index (Phi) is 4.84. The van der Waals surface area contributed by atoms with Gasteiger partial charge < -0.3 is 11.1 Å². The summed E-state index contributed by atoms with van der Waals surface area (Å²) in [4.78, 5) is 15.8. The van der Waals surface area contributed by atoms with E-state index in [0.717, 1.165) is 17.7 Å². The van der Waals surface area contributed by atoms with Crippen molar-refractivity contribution in [2.24, 2.45) is 11.1 Å². The summed E-state index contributed by atoms with van der Waals surface area (Å²) < 4.78 is 0. The van der Waals surface area contributed by atoms with Gasteiger partial charge in [0.2, 0.25) is 5.91 Å². The number of pyridine rings is 1. The van der Waals surface area contributed by atoms with Gasteiger partial charge >= 0.3 is 0 Å². The lowest BCUT2D eigenvalue weighted by molar-refractivity contribution is -0.116. The summed E-state index contributed by atoms with van der Waals surface area (Å²) in [6, 6.07) is 1.78. The number of hydrogen-bond acceptors (Lipinski definition) is 3. The van der Waals surface area contributed by atoms with Crippen LogP contribution in [0.15, 0.2) is 18.5 Å². The largest absolute Gasteiger partial charge is 0.327 e. The van der Waals surface area contributed by atoms with Gasteiger partial charge in [-0.1, -0.05) is 20.8 Å². The van der Waals surface area contributed by atoms with Crippen LogP contribution in [0.2, 0.25) is 0 Å². The summed E-state index contributed by atoms with van der Waals surface area (Å²) >= 11 is 0. The van der Waals surface area contributed by atoms with Gasteiger partial charge in [0, 0.05) is 18.7 Å². The number of aromatic nitrogens is 1. The van der Waals surface area contributed by atoms with Gasteiger partial charge in [-0.2, -0.15) is 0 Å². The van der Waals surface area contributed by atoms with Crippen LogP contribution in [-0.4, -0.2) is 16.9 Å². The van der Waals surface area contributed by atoms with E-state index in [-0.39, 0.29) is 17.4 Å². The second-order valence-corrected chi connectivity index (χ2v) is 6.03. The molecule has 0 saturated heterocycles. The van der Waals surface area contributed by atoms with E-state index < -0.39 is 0 Å². The highest BCUT2D eigenvalue weighted by Gasteiger charge is 2.18. The van der Waals surface area contributed by atoms with Crippen molar-refractivity contribution < 1.29 is 4.79 Å². The number of rotatable bonds is 4. The zero-order valence-corrected chi connectivity index (χ0v) is 11.7. The van der Waals surface area contributed by atoms with E-state index in [9.17, 15) is 4.79 Å². The molecule has 1 unspecified atom stereocenters. The fourth-order valence-electron chi connectivity index (χ4n) is 1.93. The summed E-state index contributed by atoms with van der Waals surface area (Å²) in [7, 11) is 0. The predicted octanol–water partition coefficient (Wildman–Crippen LogP) is 2.48. The van der Waals surface area contributed by atoms with E-state index >= 15 is 0 Å². The number of aryl methyl sites for hydroxylation is 1. The highest BCUT2D eigenvalue weighted by atomic mass is 16.1. The van der Waals surface area contributed by atoms with Crippen molar-refractivity contribution in [3.8, 4) is 0 Å². The molecule has 0 aliphatic rings. The molecular formula is C14H23N3O. The molecule has 1 amide bonds. The smallest absolute Gasteiger partial charge is 0.225 e. The van der Waals surface area contributed by atoms with Crippen LogP contribution in [0.1, 0.15) is 39.2 Å². The van der Waals surface area contributed by atoms with Crippen LogP contribution in [0, 0.1) is 12.3 Å². The first-order chi connectivity index (χ1) is 8.26. The van der Waals surface area contributed by atoms with Gasteiger partial charge in [0.25, 0.3) is 0 Å². The molecule has 0 fully saturated rings. The zero-order valence-electron chi connectivity index (χ0n) is 11.7. The van der Waals surface area contributed by atoms with Gasteiger partial charge in [-0.05, 0) is 30.4 Å². The molecule has 4 nitrogen and oxygen atoms in total. The second-order valence-electron chi connectivity index (χ2n) is 6.03. The number of nitrogens with zero attached hydrogens (tertiary/aromatic N) is 1. The van der Waals surface area contributed by atoms with E-state index in [1.54, 1.807) is 12.4 Å². The summed E-state index contributed by atoms with van der Waals surface area (Å²) in [6.07, 6.45) is 4.55. The first-order valence-electron chi connectivity index (χ1n) is 6.23. The Morgan fingerprint density at radius 3 is 2.67 bits per heavy atom. The van der Waals surface area contributed by atoms with E-state index in [2.05, 4.69) is 31.1 Å². The van der Waals surface area contributed by atoms with Gasteiger partial charge in [0.15, 0.2) is 0 Å². The summed E-state index contributed by atoms with van der Waals surface area (Å²) in [5, 5.41) is 2.82. The third-order valence-corrected chi connectivity index (χ3v) is 2.48. The monoisotopic (exact) mass is 249 g/mol. The molecular weight excluding hydrogens is 226 g/mol. The number of anilines is 1. The molecule has 0 aromatic carbocycles. The molecule has 3 N–H and O–H groups in total. The Morgan fingerprint density at radius 1 is 1.44 bits per heavy atom. The van der Waals surface area contributed by atoms with Crippen LogP contribution in [0.5, 0.6) is 0 Å². The maximum atomic E-state index is 11.8. The van der Waals surface area contributed by atoms with Crippen molar-refractivity contribution in [2.45, 2.75) is 46.6 Å². The highest BCUT2D eigenvalue weighted by Crippen LogP contribution is 2.21. The van der Waals surface area contributed by atoms with Crippen LogP contribution in [0.3, 0.4) is 0 Å². The number of nitrogens with two attached hydrogens (primary N) is 1. The zero-order chi connectivity index (χ0) is 13.8. The molecule has 0 aliphatic heterocycles. The van der Waals surface area contributed by atoms with Gasteiger partial charge in [-0.15, -0.1) is 0 Å². The van der Waals surface area contributed by atoms with Crippen molar-refractivity contribution in [1.29, 1.82) is 0 Å². The van der Waals surface area contributed by atoms with E-state index in [1.807, 2.05) is 13.0 Å². The van der Waals surface area contributed by atoms with Crippen molar-refractivity contribution in [3.63, 3.8) is 0 Å². The van der Waals surface area contributed by atoms with Crippen LogP contribution >= 0.6 is 0 Å². The minimum atomic E-state index is -0.109. The van der Waals surface area contributed by atoms with Crippen LogP contribution < -0.4 is 11.1 Å². The molecule has 100 valence electrons. The number of amides is 1. The second kappa shape index (κ2) is 5.96. The molecule has 1 heterocycles. The normalized spacial score (nSPS) is 13.2. The lowest BCUT2D eigenvalue weighted by Crippen LogP contribution is -2.31. The Balaban J connectivity index is 2.47. The molecule has 0 bridgehead atoms. The van der Waals surface area contributed by atoms with Gasteiger partial charge in [-0.25, -0.2) is 0 Å². The molecule has 18 heavy (non-hydrogen) atoms. The number of carbonyl (C=O) groups is 1. The van der Waals surface area contributed by atoms with E-state index in [0.29, 0.717) is 6.42 Å². The van der Waals surface area contributed by atoms with Gasteiger partial charge in [0.05, 0.1) is 11.9 Å². The first kappa shape index (κ1) is 14.6. The quantitative estimate of drug-likeness (QED) is 0.861. The average molecular weight is 249 g/mol. The maximum Gasteiger partial charge on any atom is 0.225 e.